The minimum atomic E-state index is -4.99. The summed E-state index contributed by atoms with van der Waals surface area (Å²) in [5, 5.41) is 4.09. The number of hydrogen-bond donors (Lipinski definition) is 3. The lowest BCUT2D eigenvalue weighted by Gasteiger charge is -2.18. The number of aromatic nitrogens is 2. The molecular weight excluding hydrogens is 654 g/mol. The van der Waals surface area contributed by atoms with Crippen LogP contribution in [0.15, 0.2) is 71.8 Å². The van der Waals surface area contributed by atoms with Gasteiger partial charge in [-0.05, 0) is 78.4 Å². The monoisotopic (exact) mass is 681 g/mol. The summed E-state index contributed by atoms with van der Waals surface area (Å²) in [7, 11) is -3.80. The predicted octanol–water partition coefficient (Wildman–Crippen LogP) is 6.76. The molecule has 1 heterocycles. The van der Waals surface area contributed by atoms with Gasteiger partial charge in [-0.15, -0.1) is 0 Å². The number of nitrogens with zero attached hydrogens (tertiary/aromatic N) is 2. The number of ether oxygens (including phenoxy) is 1. The number of nitrogen functional groups attached to an aromatic ring is 1. The van der Waals surface area contributed by atoms with Crippen LogP contribution in [0.2, 0.25) is 10.3 Å². The fourth-order valence-electron chi connectivity index (χ4n) is 4.24. The summed E-state index contributed by atoms with van der Waals surface area (Å²) in [4.78, 5) is 19.1. The molecule has 0 atom stereocenters. The topological polar surface area (TPSA) is 136 Å². The van der Waals surface area contributed by atoms with Crippen molar-refractivity contribution in [3.63, 3.8) is 0 Å². The number of carbonyl (C=O) groups excluding carboxylic acids is 1. The van der Waals surface area contributed by atoms with E-state index in [2.05, 4.69) is 15.3 Å². The molecule has 1 aromatic heterocycles. The van der Waals surface area contributed by atoms with Crippen LogP contribution >= 0.6 is 23.2 Å². The molecule has 3 aromatic carbocycles. The highest BCUT2D eigenvalue weighted by molar-refractivity contribution is 7.92. The van der Waals surface area contributed by atoms with Gasteiger partial charge in [-0.1, -0.05) is 48.0 Å². The lowest BCUT2D eigenvalue weighted by atomic mass is 9.96. The molecule has 0 saturated carbocycles. The Kier molecular flexibility index (Phi) is 10.5. The third kappa shape index (κ3) is 8.35. The average Bonchev–Trinajstić information content (AvgIpc) is 2.98. The highest BCUT2D eigenvalue weighted by Crippen LogP contribution is 2.35. The van der Waals surface area contributed by atoms with Gasteiger partial charge in [0, 0.05) is 6.54 Å². The lowest BCUT2D eigenvalue weighted by Crippen LogP contribution is -2.37. The van der Waals surface area contributed by atoms with Gasteiger partial charge in [0.2, 0.25) is 5.28 Å². The number of carbonyl (C=O) groups is 1. The fraction of sp³-hybridized carbons (Fsp3) is 0.233. The second-order valence-electron chi connectivity index (χ2n) is 10.1. The van der Waals surface area contributed by atoms with Crippen LogP contribution in [0.1, 0.15) is 25.0 Å². The molecule has 0 saturated heterocycles. The third-order valence-electron chi connectivity index (χ3n) is 6.59. The van der Waals surface area contributed by atoms with Gasteiger partial charge in [0.1, 0.15) is 17.4 Å². The first-order valence-corrected chi connectivity index (χ1v) is 15.7. The molecule has 9 nitrogen and oxygen atoms in total. The highest BCUT2D eigenvalue weighted by atomic mass is 35.5. The maximum atomic E-state index is 13.3. The van der Waals surface area contributed by atoms with Crippen molar-refractivity contribution in [2.45, 2.75) is 43.2 Å². The first-order chi connectivity index (χ1) is 21.2. The summed E-state index contributed by atoms with van der Waals surface area (Å²) < 4.78 is 70.6. The van der Waals surface area contributed by atoms with Gasteiger partial charge < -0.3 is 21.1 Å². The van der Waals surface area contributed by atoms with Gasteiger partial charge in [-0.3, -0.25) is 4.79 Å². The van der Waals surface area contributed by atoms with E-state index in [9.17, 15) is 26.4 Å². The number of nitrogens with two attached hydrogens (primary N) is 1. The van der Waals surface area contributed by atoms with Crippen molar-refractivity contribution >= 4 is 56.1 Å². The standard InChI is InChI=1S/C30H28Cl2F3N5O4S/c1-17(2)45(42,43)26-12-18(8-9-24(26)39-27-22(31)15-38-29(32)40-27)16-44-25-14-21(19-6-4-3-5-7-19)20(13-23(25)36)10-11-37-28(41)30(33,34)35/h3-9,12-15,17H,10-11,16,36H2,1-2H3,(H,37,41)(H,38,39,40). The Morgan fingerprint density at radius 1 is 1.07 bits per heavy atom. The molecule has 0 aliphatic heterocycles. The zero-order valence-corrected chi connectivity index (χ0v) is 26.3. The van der Waals surface area contributed by atoms with E-state index in [0.717, 1.165) is 5.56 Å². The zero-order chi connectivity index (χ0) is 32.9. The summed E-state index contributed by atoms with van der Waals surface area (Å²) >= 11 is 12.1. The predicted molar refractivity (Wildman–Crippen MR) is 167 cm³/mol. The normalized spacial score (nSPS) is 11.8. The van der Waals surface area contributed by atoms with Gasteiger partial charge in [0.05, 0.1) is 27.7 Å². The molecule has 15 heteroatoms. The van der Waals surface area contributed by atoms with Crippen molar-refractivity contribution in [2.75, 3.05) is 17.6 Å². The van der Waals surface area contributed by atoms with E-state index >= 15 is 0 Å². The third-order valence-corrected chi connectivity index (χ3v) is 9.24. The van der Waals surface area contributed by atoms with E-state index < -0.39 is 27.2 Å². The molecule has 238 valence electrons. The van der Waals surface area contributed by atoms with Crippen LogP contribution < -0.4 is 21.1 Å². The molecule has 0 unspecified atom stereocenters. The molecule has 4 rings (SSSR count). The summed E-state index contributed by atoms with van der Waals surface area (Å²) in [5.41, 5.74) is 9.20. The van der Waals surface area contributed by atoms with Crippen molar-refractivity contribution in [1.29, 1.82) is 0 Å². The lowest BCUT2D eigenvalue weighted by molar-refractivity contribution is -0.173. The summed E-state index contributed by atoms with van der Waals surface area (Å²) in [6.45, 7) is 2.77. The first-order valence-electron chi connectivity index (χ1n) is 13.4. The molecule has 0 radical (unpaired) electrons. The van der Waals surface area contributed by atoms with E-state index in [1.54, 1.807) is 50.2 Å². The maximum Gasteiger partial charge on any atom is 0.471 e. The molecule has 45 heavy (non-hydrogen) atoms. The molecule has 0 aliphatic rings. The minimum Gasteiger partial charge on any atom is -0.487 e. The number of benzene rings is 3. The van der Waals surface area contributed by atoms with E-state index in [0.29, 0.717) is 16.7 Å². The summed E-state index contributed by atoms with van der Waals surface area (Å²) in [6, 6.07) is 17.0. The fourth-order valence-corrected chi connectivity index (χ4v) is 5.76. The summed E-state index contributed by atoms with van der Waals surface area (Å²) in [6.07, 6.45) is -3.63. The zero-order valence-electron chi connectivity index (χ0n) is 24.0. The highest BCUT2D eigenvalue weighted by Gasteiger charge is 2.38. The van der Waals surface area contributed by atoms with Gasteiger partial charge >= 0.3 is 12.1 Å². The number of anilines is 3. The largest absolute Gasteiger partial charge is 0.487 e. The van der Waals surface area contributed by atoms with Crippen LogP contribution in [0.4, 0.5) is 30.4 Å². The molecular formula is C30H28Cl2F3N5O4S. The van der Waals surface area contributed by atoms with Crippen LogP contribution in [0.25, 0.3) is 11.1 Å². The molecule has 4 aromatic rings. The molecule has 1 amide bonds. The van der Waals surface area contributed by atoms with Crippen LogP contribution in [-0.2, 0) is 27.7 Å². The molecule has 0 aliphatic carbocycles. The van der Waals surface area contributed by atoms with Crippen LogP contribution in [0.5, 0.6) is 5.75 Å². The first kappa shape index (κ1) is 33.8. The Morgan fingerprint density at radius 3 is 2.44 bits per heavy atom. The van der Waals surface area contributed by atoms with Crippen molar-refractivity contribution in [1.82, 2.24) is 15.3 Å². The Bertz CT molecular complexity index is 1810. The van der Waals surface area contributed by atoms with E-state index in [1.807, 2.05) is 23.5 Å². The van der Waals surface area contributed by atoms with Gasteiger partial charge in [-0.25, -0.2) is 13.4 Å². The van der Waals surface area contributed by atoms with E-state index in [1.165, 1.54) is 12.3 Å². The number of alkyl halides is 3. The Balaban J connectivity index is 1.63. The van der Waals surface area contributed by atoms with E-state index in [-0.39, 0.29) is 57.7 Å². The number of halogens is 5. The Morgan fingerprint density at radius 2 is 1.78 bits per heavy atom. The average molecular weight is 683 g/mol. The quantitative estimate of drug-likeness (QED) is 0.117. The maximum absolute atomic E-state index is 13.3. The van der Waals surface area contributed by atoms with Crippen molar-refractivity contribution in [2.24, 2.45) is 0 Å². The van der Waals surface area contributed by atoms with Gasteiger partial charge in [0.15, 0.2) is 15.7 Å². The second-order valence-corrected chi connectivity index (χ2v) is 13.3. The van der Waals surface area contributed by atoms with Gasteiger partial charge in [0.25, 0.3) is 0 Å². The molecule has 0 fully saturated rings. The Labute approximate surface area is 267 Å². The number of amides is 1. The second kappa shape index (κ2) is 13.9. The van der Waals surface area contributed by atoms with Crippen molar-refractivity contribution in [3.8, 4) is 16.9 Å². The smallest absolute Gasteiger partial charge is 0.471 e. The van der Waals surface area contributed by atoms with Crippen molar-refractivity contribution < 1.29 is 31.1 Å². The number of rotatable bonds is 11. The number of hydrogen-bond acceptors (Lipinski definition) is 8. The molecule has 0 spiro atoms. The minimum absolute atomic E-state index is 0.0152. The van der Waals surface area contributed by atoms with Crippen LogP contribution in [0.3, 0.4) is 0 Å². The van der Waals surface area contributed by atoms with Crippen molar-refractivity contribution in [3.05, 3.63) is 88.3 Å². The number of nitrogens with one attached hydrogen (secondary N) is 2. The SMILES string of the molecule is CC(C)S(=O)(=O)c1cc(COc2cc(-c3ccccc3)c(CCNC(=O)C(F)(F)F)cc2N)ccc1Nc1nc(Cl)ncc1Cl. The molecule has 4 N–H and O–H groups in total. The molecule has 0 bridgehead atoms. The van der Waals surface area contributed by atoms with E-state index in [4.69, 9.17) is 33.7 Å². The van der Waals surface area contributed by atoms with Crippen LogP contribution in [0, 0.1) is 0 Å². The number of sulfone groups is 1. The van der Waals surface area contributed by atoms with Crippen LogP contribution in [-0.4, -0.2) is 42.3 Å². The Hall–Kier alpha value is -4.07. The summed E-state index contributed by atoms with van der Waals surface area (Å²) in [5.74, 6) is -1.63. The van der Waals surface area contributed by atoms with Gasteiger partial charge in [-0.2, -0.15) is 18.2 Å².